The lowest BCUT2D eigenvalue weighted by atomic mass is 9.89. The molecule has 10 heteroatoms. The fourth-order valence-corrected chi connectivity index (χ4v) is 10.0. The Morgan fingerprint density at radius 1 is 1.05 bits per heavy atom. The van der Waals surface area contributed by atoms with Crippen LogP contribution in [0.15, 0.2) is 30.3 Å². The first-order valence-corrected chi connectivity index (χ1v) is 16.9. The third kappa shape index (κ3) is 4.44. The average molecular weight is 619 g/mol. The second kappa shape index (κ2) is 10.3. The summed E-state index contributed by atoms with van der Waals surface area (Å²) < 4.78 is 21.5. The van der Waals surface area contributed by atoms with Crippen molar-refractivity contribution < 1.29 is 14.2 Å². The predicted molar refractivity (Wildman–Crippen MR) is 170 cm³/mol. The zero-order chi connectivity index (χ0) is 29.6. The van der Waals surface area contributed by atoms with Gasteiger partial charge in [-0.2, -0.15) is 9.97 Å². The van der Waals surface area contributed by atoms with E-state index in [0.717, 1.165) is 60.4 Å². The molecule has 2 aromatic carbocycles. The number of fused-ring (bicyclic) bond motifs is 7. The summed E-state index contributed by atoms with van der Waals surface area (Å²) in [5.74, 6) is 1.87. The number of aromatic nitrogens is 2. The van der Waals surface area contributed by atoms with Gasteiger partial charge in [-0.15, -0.1) is 0 Å². The topological polar surface area (TPSA) is 77.0 Å². The third-order valence-electron chi connectivity index (χ3n) is 11.5. The third-order valence-corrected chi connectivity index (χ3v) is 11.8. The minimum atomic E-state index is -0.797. The molecule has 5 fully saturated rings. The standard InChI is InChI=1S/C34H40ClFN6O2/c35-27-5-1-3-20-11-25(43)12-30(31(20)27)40-10-9-26-28(18-40)38-33(39-32(26)41-16-23-7-8-24(17-41)37-23)44-19-34-13-21-4-2-6-29(21)42(34)15-22(36)14-34/h1,3,5,11-12,21-24,29,37,43H,2,4,6-10,13-19H2/t21-,22+,23?,24?,29-,34-/m0/s1. The average Bonchev–Trinajstić information content (AvgIpc) is 3.75. The molecule has 44 heavy (non-hydrogen) atoms. The summed E-state index contributed by atoms with van der Waals surface area (Å²) in [7, 11) is 0. The number of hydrogen-bond donors (Lipinski definition) is 2. The number of hydrogen-bond acceptors (Lipinski definition) is 8. The molecule has 2 unspecified atom stereocenters. The number of phenolic OH excluding ortho intramolecular Hbond substituents is 1. The van der Waals surface area contributed by atoms with E-state index in [0.29, 0.717) is 61.2 Å². The molecule has 8 nitrogen and oxygen atoms in total. The van der Waals surface area contributed by atoms with E-state index in [1.54, 1.807) is 6.07 Å². The van der Waals surface area contributed by atoms with Gasteiger partial charge < -0.3 is 25.0 Å². The quantitative estimate of drug-likeness (QED) is 0.403. The van der Waals surface area contributed by atoms with Crippen molar-refractivity contribution in [3.05, 3.63) is 46.6 Å². The fourth-order valence-electron chi connectivity index (χ4n) is 9.73. The summed E-state index contributed by atoms with van der Waals surface area (Å²) >= 11 is 6.71. The number of alkyl halides is 1. The van der Waals surface area contributed by atoms with Gasteiger partial charge in [-0.05, 0) is 62.0 Å². The molecule has 2 bridgehead atoms. The minimum absolute atomic E-state index is 0.220. The zero-order valence-electron chi connectivity index (χ0n) is 25.0. The Hall–Kier alpha value is -2.88. The van der Waals surface area contributed by atoms with E-state index in [2.05, 4.69) is 20.0 Å². The van der Waals surface area contributed by atoms with Gasteiger partial charge in [0.15, 0.2) is 0 Å². The van der Waals surface area contributed by atoms with Gasteiger partial charge in [-0.1, -0.05) is 30.2 Å². The number of aromatic hydroxyl groups is 1. The number of nitrogens with one attached hydrogen (secondary N) is 1. The molecule has 6 heterocycles. The summed E-state index contributed by atoms with van der Waals surface area (Å²) in [6.07, 6.45) is 7.60. The zero-order valence-corrected chi connectivity index (χ0v) is 25.8. The van der Waals surface area contributed by atoms with Crippen molar-refractivity contribution in [2.24, 2.45) is 5.92 Å². The highest BCUT2D eigenvalue weighted by molar-refractivity contribution is 6.36. The number of piperazine rings is 1. The Bertz CT molecular complexity index is 1610. The molecule has 1 aliphatic carbocycles. The highest BCUT2D eigenvalue weighted by Gasteiger charge is 2.58. The molecular formula is C34H40ClFN6O2. The molecule has 5 aliphatic heterocycles. The number of benzene rings is 2. The smallest absolute Gasteiger partial charge is 0.318 e. The van der Waals surface area contributed by atoms with Crippen LogP contribution in [-0.4, -0.2) is 82.6 Å². The largest absolute Gasteiger partial charge is 0.508 e. The van der Waals surface area contributed by atoms with E-state index in [1.165, 1.54) is 37.7 Å². The first-order chi connectivity index (χ1) is 21.4. The van der Waals surface area contributed by atoms with Crippen LogP contribution in [0.5, 0.6) is 11.8 Å². The van der Waals surface area contributed by atoms with Crippen LogP contribution in [0.4, 0.5) is 15.9 Å². The first kappa shape index (κ1) is 27.4. The van der Waals surface area contributed by atoms with Crippen molar-refractivity contribution in [2.45, 2.75) is 87.7 Å². The second-order valence-electron chi connectivity index (χ2n) is 14.2. The number of phenols is 1. The molecular weight excluding hydrogens is 579 g/mol. The van der Waals surface area contributed by atoms with Crippen molar-refractivity contribution in [3.63, 3.8) is 0 Å². The Morgan fingerprint density at radius 2 is 1.91 bits per heavy atom. The summed E-state index contributed by atoms with van der Waals surface area (Å²) in [6, 6.07) is 11.2. The van der Waals surface area contributed by atoms with Crippen molar-refractivity contribution in [1.82, 2.24) is 20.2 Å². The molecule has 232 valence electrons. The Morgan fingerprint density at radius 3 is 2.77 bits per heavy atom. The summed E-state index contributed by atoms with van der Waals surface area (Å²) in [5, 5.41) is 16.9. The molecule has 0 spiro atoms. The maximum atomic E-state index is 14.9. The lowest BCUT2D eigenvalue weighted by molar-refractivity contribution is 0.0829. The molecule has 0 radical (unpaired) electrons. The number of anilines is 2. The Balaban J connectivity index is 1.07. The van der Waals surface area contributed by atoms with Crippen molar-refractivity contribution in [3.8, 4) is 11.8 Å². The summed E-state index contributed by atoms with van der Waals surface area (Å²) in [4.78, 5) is 17.3. The SMILES string of the molecule is Oc1cc(N2CCc3c(nc(OC[C@]45C[C@@H](F)CN4[C@H]4CCC[C@H]4C5)nc3N3CC4CCC(C3)N4)C2)c2c(Cl)cccc2c1. The lowest BCUT2D eigenvalue weighted by Gasteiger charge is -2.38. The van der Waals surface area contributed by atoms with Crippen LogP contribution >= 0.6 is 11.6 Å². The predicted octanol–water partition coefficient (Wildman–Crippen LogP) is 5.23. The number of ether oxygens (including phenoxy) is 1. The van der Waals surface area contributed by atoms with E-state index >= 15 is 0 Å². The fraction of sp³-hybridized carbons (Fsp3) is 0.588. The number of rotatable bonds is 5. The monoisotopic (exact) mass is 618 g/mol. The number of halogens is 2. The van der Waals surface area contributed by atoms with Gasteiger partial charge in [0, 0.05) is 67.7 Å². The van der Waals surface area contributed by atoms with Gasteiger partial charge in [0.1, 0.15) is 24.3 Å². The second-order valence-corrected chi connectivity index (χ2v) is 14.6. The van der Waals surface area contributed by atoms with Crippen LogP contribution in [0.25, 0.3) is 10.8 Å². The van der Waals surface area contributed by atoms with Crippen LogP contribution in [0, 0.1) is 5.92 Å². The molecule has 1 aromatic heterocycles. The van der Waals surface area contributed by atoms with Crippen molar-refractivity contribution in [2.75, 3.05) is 42.6 Å². The van der Waals surface area contributed by atoms with Crippen LogP contribution in [-0.2, 0) is 13.0 Å². The molecule has 2 N–H and O–H groups in total. The number of nitrogens with zero attached hydrogens (tertiary/aromatic N) is 5. The molecule has 0 amide bonds. The van der Waals surface area contributed by atoms with Crippen LogP contribution < -0.4 is 19.9 Å². The van der Waals surface area contributed by atoms with Gasteiger partial charge in [0.2, 0.25) is 0 Å². The molecule has 3 aromatic rings. The molecule has 4 saturated heterocycles. The van der Waals surface area contributed by atoms with Gasteiger partial charge in [-0.25, -0.2) is 4.39 Å². The van der Waals surface area contributed by atoms with E-state index in [4.69, 9.17) is 26.3 Å². The maximum Gasteiger partial charge on any atom is 0.318 e. The minimum Gasteiger partial charge on any atom is -0.508 e. The molecule has 1 saturated carbocycles. The Kier molecular flexibility index (Phi) is 6.44. The van der Waals surface area contributed by atoms with Crippen LogP contribution in [0.2, 0.25) is 5.02 Å². The van der Waals surface area contributed by atoms with E-state index < -0.39 is 6.17 Å². The molecule has 6 aliphatic rings. The lowest BCUT2D eigenvalue weighted by Crippen LogP contribution is -2.52. The van der Waals surface area contributed by atoms with Crippen molar-refractivity contribution in [1.29, 1.82) is 0 Å². The molecule has 9 rings (SSSR count). The van der Waals surface area contributed by atoms with Gasteiger partial charge >= 0.3 is 6.01 Å². The normalized spacial score (nSPS) is 32.7. The van der Waals surface area contributed by atoms with Gasteiger partial charge in [0.05, 0.1) is 28.5 Å². The molecule has 6 atom stereocenters. The van der Waals surface area contributed by atoms with Crippen LogP contribution in [0.3, 0.4) is 0 Å². The van der Waals surface area contributed by atoms with Crippen molar-refractivity contribution >= 4 is 33.9 Å². The first-order valence-electron chi connectivity index (χ1n) is 16.5. The maximum absolute atomic E-state index is 14.9. The van der Waals surface area contributed by atoms with Gasteiger partial charge in [0.25, 0.3) is 0 Å². The highest BCUT2D eigenvalue weighted by atomic mass is 35.5. The van der Waals surface area contributed by atoms with Crippen LogP contribution in [0.1, 0.15) is 56.2 Å². The van der Waals surface area contributed by atoms with Gasteiger partial charge in [-0.3, -0.25) is 4.90 Å². The summed E-state index contributed by atoms with van der Waals surface area (Å²) in [5.41, 5.74) is 2.79. The van der Waals surface area contributed by atoms with E-state index in [1.807, 2.05) is 24.3 Å². The summed E-state index contributed by atoms with van der Waals surface area (Å²) in [6.45, 7) is 4.16. The van der Waals surface area contributed by atoms with E-state index in [9.17, 15) is 9.50 Å². The van der Waals surface area contributed by atoms with E-state index in [-0.39, 0.29) is 11.3 Å². The highest BCUT2D eigenvalue weighted by Crippen LogP contribution is 2.52. The Labute approximate surface area is 262 Å².